The van der Waals surface area contributed by atoms with Crippen molar-refractivity contribution in [3.05, 3.63) is 35.0 Å². The number of nitrogens with zero attached hydrogens (tertiary/aromatic N) is 2. The zero-order chi connectivity index (χ0) is 20.7. The Kier molecular flexibility index (Phi) is 5.48. The molecule has 7 heteroatoms. The molecule has 2 fully saturated rings. The lowest BCUT2D eigenvalue weighted by Crippen LogP contribution is -2.17. The molecule has 3 atom stereocenters. The molecule has 4 rings (SSSR count). The van der Waals surface area contributed by atoms with Crippen LogP contribution in [0.4, 0.5) is 11.5 Å². The Morgan fingerprint density at radius 2 is 1.93 bits per heavy atom. The third-order valence-electron chi connectivity index (χ3n) is 6.70. The van der Waals surface area contributed by atoms with Crippen molar-refractivity contribution >= 4 is 38.2 Å². The van der Waals surface area contributed by atoms with Crippen molar-refractivity contribution in [2.75, 3.05) is 17.7 Å². The molecular weight excluding hydrogens is 383 g/mol. The van der Waals surface area contributed by atoms with Crippen molar-refractivity contribution in [2.24, 2.45) is 24.8 Å². The monoisotopic (exact) mass is 412 g/mol. The van der Waals surface area contributed by atoms with Crippen molar-refractivity contribution in [3.63, 3.8) is 0 Å². The van der Waals surface area contributed by atoms with Crippen molar-refractivity contribution in [1.82, 2.24) is 9.78 Å². The molecule has 0 aliphatic heterocycles. The summed E-state index contributed by atoms with van der Waals surface area (Å²) >= 11 is 0. The van der Waals surface area contributed by atoms with Crippen LogP contribution in [0.15, 0.2) is 18.2 Å². The van der Waals surface area contributed by atoms with Gasteiger partial charge in [0.2, 0.25) is 0 Å². The van der Waals surface area contributed by atoms with Gasteiger partial charge in [0.15, 0.2) is 0 Å². The molecule has 6 nitrogen and oxygen atoms in total. The Balaban J connectivity index is 1.60. The number of anilines is 2. The third kappa shape index (κ3) is 3.71. The van der Waals surface area contributed by atoms with Gasteiger partial charge in [0.25, 0.3) is 5.91 Å². The number of aryl methyl sites for hydroxylation is 2. The largest absolute Gasteiger partial charge is 0.373 e. The summed E-state index contributed by atoms with van der Waals surface area (Å²) in [5.41, 5.74) is 3.42. The van der Waals surface area contributed by atoms with Crippen molar-refractivity contribution < 1.29 is 9.59 Å². The van der Waals surface area contributed by atoms with E-state index in [1.165, 1.54) is 0 Å². The number of carbonyl (C=O) groups is 2. The number of rotatable bonds is 5. The smallest absolute Gasteiger partial charge is 0.261 e. The van der Waals surface area contributed by atoms with Crippen LogP contribution in [0.1, 0.15) is 53.2 Å². The van der Waals surface area contributed by atoms with Crippen LogP contribution in [0.2, 0.25) is 0 Å². The molecule has 0 saturated heterocycles. The van der Waals surface area contributed by atoms with Crippen molar-refractivity contribution in [3.8, 4) is 0 Å². The Hall–Kier alpha value is -2.20. The fourth-order valence-corrected chi connectivity index (χ4v) is 5.47. The van der Waals surface area contributed by atoms with Crippen LogP contribution >= 0.6 is 9.24 Å². The number of nitrogens with one attached hydrogen (secondary N) is 2. The number of fused-ring (bicyclic) bond motifs is 1. The Morgan fingerprint density at radius 1 is 1.24 bits per heavy atom. The highest BCUT2D eigenvalue weighted by atomic mass is 31.0. The minimum absolute atomic E-state index is 0.129. The fourth-order valence-electron chi connectivity index (χ4n) is 5.29. The molecule has 2 aromatic rings. The molecule has 2 N–H and O–H groups in total. The van der Waals surface area contributed by atoms with Gasteiger partial charge in [-0.15, -0.1) is 9.24 Å². The van der Waals surface area contributed by atoms with Gasteiger partial charge in [-0.2, -0.15) is 5.10 Å². The molecule has 29 heavy (non-hydrogen) atoms. The van der Waals surface area contributed by atoms with Gasteiger partial charge in [-0.25, -0.2) is 0 Å². The molecule has 0 spiro atoms. The van der Waals surface area contributed by atoms with Gasteiger partial charge in [-0.05, 0) is 67.4 Å². The van der Waals surface area contributed by atoms with Crippen molar-refractivity contribution in [1.29, 1.82) is 0 Å². The molecule has 1 heterocycles. The molecule has 2 saturated carbocycles. The van der Waals surface area contributed by atoms with E-state index in [1.54, 1.807) is 4.68 Å². The summed E-state index contributed by atoms with van der Waals surface area (Å²) in [5.74, 6) is 2.23. The molecular formula is C22H29N4O2P. The highest BCUT2D eigenvalue weighted by Gasteiger charge is 2.44. The highest BCUT2D eigenvalue weighted by molar-refractivity contribution is 7.27. The summed E-state index contributed by atoms with van der Waals surface area (Å²) in [4.78, 5) is 24.4. The van der Waals surface area contributed by atoms with Gasteiger partial charge < -0.3 is 15.4 Å². The minimum Gasteiger partial charge on any atom is -0.373 e. The maximum Gasteiger partial charge on any atom is 0.261 e. The number of amides is 1. The second-order valence-corrected chi connectivity index (χ2v) is 9.19. The van der Waals surface area contributed by atoms with E-state index in [0.717, 1.165) is 60.0 Å². The molecule has 1 amide bonds. The van der Waals surface area contributed by atoms with Gasteiger partial charge in [-0.3, -0.25) is 9.48 Å². The number of hydrogen-bond donors (Lipinski definition) is 2. The molecule has 0 bridgehead atoms. The van der Waals surface area contributed by atoms with Crippen LogP contribution in [0.25, 0.3) is 0 Å². The topological polar surface area (TPSA) is 76.0 Å². The Labute approximate surface area is 174 Å². The van der Waals surface area contributed by atoms with E-state index in [-0.39, 0.29) is 17.7 Å². The van der Waals surface area contributed by atoms with Crippen LogP contribution in [-0.4, -0.2) is 29.0 Å². The SMILES string of the molecule is CNc1c(C(=O)Nc2ccc(P)c(C)c2)c(C2CC3CC(C=O)CC3C2)nn1C. The van der Waals surface area contributed by atoms with E-state index in [0.29, 0.717) is 17.4 Å². The molecule has 1 aromatic carbocycles. The number of carbonyl (C=O) groups excluding carboxylic acids is 2. The zero-order valence-electron chi connectivity index (χ0n) is 17.2. The zero-order valence-corrected chi connectivity index (χ0v) is 18.4. The first-order chi connectivity index (χ1) is 13.9. The van der Waals surface area contributed by atoms with E-state index in [1.807, 2.05) is 39.2 Å². The predicted molar refractivity (Wildman–Crippen MR) is 119 cm³/mol. The number of benzene rings is 1. The van der Waals surface area contributed by atoms with Crippen molar-refractivity contribution in [2.45, 2.75) is 38.5 Å². The second-order valence-electron chi connectivity index (χ2n) is 8.56. The molecule has 2 aliphatic carbocycles. The van der Waals surface area contributed by atoms with Crippen LogP contribution in [0.5, 0.6) is 0 Å². The third-order valence-corrected chi connectivity index (χ3v) is 7.34. The van der Waals surface area contributed by atoms with Gasteiger partial charge in [0, 0.05) is 31.6 Å². The lowest BCUT2D eigenvalue weighted by molar-refractivity contribution is -0.111. The Morgan fingerprint density at radius 3 is 2.52 bits per heavy atom. The number of hydrogen-bond acceptors (Lipinski definition) is 4. The molecule has 1 aromatic heterocycles. The van der Waals surface area contributed by atoms with Crippen LogP contribution in [-0.2, 0) is 11.8 Å². The van der Waals surface area contributed by atoms with E-state index >= 15 is 0 Å². The summed E-state index contributed by atoms with van der Waals surface area (Å²) in [6, 6.07) is 5.89. The first-order valence-electron chi connectivity index (χ1n) is 10.3. The number of aldehydes is 1. The summed E-state index contributed by atoms with van der Waals surface area (Å²) in [6.07, 6.45) is 5.11. The number of aromatic nitrogens is 2. The van der Waals surface area contributed by atoms with E-state index in [4.69, 9.17) is 5.10 Å². The second kappa shape index (κ2) is 7.91. The normalized spacial score (nSPS) is 25.7. The van der Waals surface area contributed by atoms with Crippen LogP contribution in [0, 0.1) is 24.7 Å². The average molecular weight is 412 g/mol. The van der Waals surface area contributed by atoms with Crippen LogP contribution in [0.3, 0.4) is 0 Å². The average Bonchev–Trinajstić information content (AvgIpc) is 3.34. The lowest BCUT2D eigenvalue weighted by atomic mass is 9.94. The van der Waals surface area contributed by atoms with E-state index < -0.39 is 0 Å². The predicted octanol–water partition coefficient (Wildman–Crippen LogP) is 3.24. The fraction of sp³-hybridized carbons (Fsp3) is 0.500. The maximum absolute atomic E-state index is 13.3. The first-order valence-corrected chi connectivity index (χ1v) is 10.9. The minimum atomic E-state index is -0.129. The van der Waals surface area contributed by atoms with Gasteiger partial charge in [-0.1, -0.05) is 6.07 Å². The molecule has 3 unspecified atom stereocenters. The molecule has 154 valence electrons. The van der Waals surface area contributed by atoms with E-state index in [9.17, 15) is 9.59 Å². The quantitative estimate of drug-likeness (QED) is 0.584. The summed E-state index contributed by atoms with van der Waals surface area (Å²) < 4.78 is 1.77. The van der Waals surface area contributed by atoms with E-state index in [2.05, 4.69) is 19.9 Å². The summed E-state index contributed by atoms with van der Waals surface area (Å²) in [5, 5.41) is 12.1. The summed E-state index contributed by atoms with van der Waals surface area (Å²) in [6.45, 7) is 2.02. The van der Waals surface area contributed by atoms with Gasteiger partial charge in [0.1, 0.15) is 17.7 Å². The summed E-state index contributed by atoms with van der Waals surface area (Å²) in [7, 11) is 6.39. The maximum atomic E-state index is 13.3. The Bertz CT molecular complexity index is 941. The standard InChI is InChI=1S/C22H29N4O2P/c1-12-6-17(4-5-18(12)29)24-22(28)19-20(25-26(3)21(19)23-2)16-9-14-7-13(11-27)8-15(14)10-16/h4-6,11,13-16,23H,7-10,29H2,1-3H3,(H,24,28). The first kappa shape index (κ1) is 20.1. The lowest BCUT2D eigenvalue weighted by Gasteiger charge is -2.13. The van der Waals surface area contributed by atoms with Crippen LogP contribution < -0.4 is 15.9 Å². The van der Waals surface area contributed by atoms with Gasteiger partial charge in [0.05, 0.1) is 5.69 Å². The molecule has 0 radical (unpaired) electrons. The molecule has 2 aliphatic rings. The van der Waals surface area contributed by atoms with Gasteiger partial charge >= 0.3 is 0 Å². The highest BCUT2D eigenvalue weighted by Crippen LogP contribution is 2.52.